The predicted molar refractivity (Wildman–Crippen MR) is 132 cm³/mol. The van der Waals surface area contributed by atoms with Gasteiger partial charge in [0.25, 0.3) is 0 Å². The van der Waals surface area contributed by atoms with E-state index in [0.717, 1.165) is 58.0 Å². The number of fused-ring (bicyclic) bond motifs is 7. The van der Waals surface area contributed by atoms with Gasteiger partial charge >= 0.3 is 5.97 Å². The van der Waals surface area contributed by atoms with E-state index in [1.54, 1.807) is 0 Å². The van der Waals surface area contributed by atoms with Gasteiger partial charge in [-0.15, -0.1) is 0 Å². The van der Waals surface area contributed by atoms with Crippen molar-refractivity contribution >= 4 is 11.8 Å². The Labute approximate surface area is 210 Å². The molecule has 5 nitrogen and oxygen atoms in total. The molecule has 0 N–H and O–H groups in total. The van der Waals surface area contributed by atoms with Crippen LogP contribution < -0.4 is 0 Å². The van der Waals surface area contributed by atoms with Crippen LogP contribution in [0.1, 0.15) is 92.4 Å². The van der Waals surface area contributed by atoms with Crippen molar-refractivity contribution in [2.45, 2.75) is 110 Å². The molecule has 0 bridgehead atoms. The average Bonchev–Trinajstić information content (AvgIpc) is 3.28. The molecule has 1 spiro atoms. The lowest BCUT2D eigenvalue weighted by Crippen LogP contribution is -2.53. The summed E-state index contributed by atoms with van der Waals surface area (Å²) in [5, 5.41) is 0. The van der Waals surface area contributed by atoms with E-state index in [4.69, 9.17) is 14.2 Å². The van der Waals surface area contributed by atoms with Crippen molar-refractivity contribution < 1.29 is 23.8 Å². The van der Waals surface area contributed by atoms with Gasteiger partial charge in [-0.2, -0.15) is 0 Å². The second-order valence-corrected chi connectivity index (χ2v) is 13.4. The largest absolute Gasteiger partial charge is 0.462 e. The number of rotatable bonds is 2. The Morgan fingerprint density at radius 2 is 1.91 bits per heavy atom. The maximum absolute atomic E-state index is 14.1. The minimum absolute atomic E-state index is 0.0386. The normalized spacial score (nSPS) is 52.8. The van der Waals surface area contributed by atoms with Gasteiger partial charge < -0.3 is 14.2 Å². The second-order valence-electron chi connectivity index (χ2n) is 13.4. The minimum atomic E-state index is -0.488. The van der Waals surface area contributed by atoms with Gasteiger partial charge in [-0.25, -0.2) is 0 Å². The maximum atomic E-state index is 14.1. The molecule has 2 heterocycles. The molecule has 5 heteroatoms. The Balaban J connectivity index is 1.27. The lowest BCUT2D eigenvalue weighted by Gasteiger charge is -2.56. The zero-order valence-corrected chi connectivity index (χ0v) is 22.3. The van der Waals surface area contributed by atoms with Crippen LogP contribution in [0, 0.1) is 46.3 Å². The van der Waals surface area contributed by atoms with Crippen LogP contribution >= 0.6 is 0 Å². The molecule has 35 heavy (non-hydrogen) atoms. The molecule has 6 aliphatic rings. The monoisotopic (exact) mass is 484 g/mol. The summed E-state index contributed by atoms with van der Waals surface area (Å²) in [5.74, 6) is 2.14. The Morgan fingerprint density at radius 1 is 1.11 bits per heavy atom. The summed E-state index contributed by atoms with van der Waals surface area (Å²) in [4.78, 5) is 26.0. The minimum Gasteiger partial charge on any atom is -0.462 e. The summed E-state index contributed by atoms with van der Waals surface area (Å²) in [6, 6.07) is 0. The third kappa shape index (κ3) is 3.32. The molecule has 0 aromatic rings. The van der Waals surface area contributed by atoms with Crippen molar-refractivity contribution in [1.82, 2.24) is 0 Å². The molecule has 5 fully saturated rings. The molecule has 0 aromatic carbocycles. The zero-order valence-electron chi connectivity index (χ0n) is 22.3. The summed E-state index contributed by atoms with van der Waals surface area (Å²) < 4.78 is 19.0. The molecule has 194 valence electrons. The van der Waals surface area contributed by atoms with Gasteiger partial charge in [-0.05, 0) is 80.1 Å². The van der Waals surface area contributed by atoms with Crippen molar-refractivity contribution in [3.8, 4) is 0 Å². The first-order valence-corrected chi connectivity index (χ1v) is 14.4. The van der Waals surface area contributed by atoms with E-state index in [2.05, 4.69) is 33.8 Å². The Morgan fingerprint density at radius 3 is 2.63 bits per heavy atom. The van der Waals surface area contributed by atoms with Crippen LogP contribution in [0.5, 0.6) is 0 Å². The van der Waals surface area contributed by atoms with E-state index >= 15 is 0 Å². The average molecular weight is 485 g/mol. The molecule has 2 aliphatic heterocycles. The molecule has 3 saturated carbocycles. The number of hydrogen-bond acceptors (Lipinski definition) is 5. The van der Waals surface area contributed by atoms with E-state index < -0.39 is 5.79 Å². The summed E-state index contributed by atoms with van der Waals surface area (Å²) in [5.41, 5.74) is 1.10. The fourth-order valence-corrected chi connectivity index (χ4v) is 9.64. The van der Waals surface area contributed by atoms with E-state index in [-0.39, 0.29) is 40.8 Å². The van der Waals surface area contributed by atoms with Crippen LogP contribution in [0.4, 0.5) is 0 Å². The number of carbonyl (C=O) groups excluding carboxylic acids is 2. The summed E-state index contributed by atoms with van der Waals surface area (Å²) in [6.45, 7) is 11.8. The van der Waals surface area contributed by atoms with Gasteiger partial charge in [0.2, 0.25) is 0 Å². The quantitative estimate of drug-likeness (QED) is 0.460. The Hall–Kier alpha value is -1.20. The van der Waals surface area contributed by atoms with Crippen molar-refractivity contribution in [2.24, 2.45) is 46.3 Å². The van der Waals surface area contributed by atoms with Gasteiger partial charge in [0, 0.05) is 30.1 Å². The van der Waals surface area contributed by atoms with Gasteiger partial charge in [0.15, 0.2) is 11.6 Å². The van der Waals surface area contributed by atoms with Crippen molar-refractivity contribution in [1.29, 1.82) is 0 Å². The highest BCUT2D eigenvalue weighted by atomic mass is 16.7. The van der Waals surface area contributed by atoms with E-state index in [9.17, 15) is 9.59 Å². The standard InChI is InChI=1S/C30H44O5/c1-6-26(32)34-20-10-11-28(4)19(13-20)7-8-21-22(28)15-25(31)29(5)23(21)14-24-27(29)18(3)30(35-24)12-9-17(2)16-33-30/h15,17-21,23-24,27H,6-14,16H2,1-5H3/t17-,18-,19-,20+,21-,23+,24-,27-,28-,29+,30+/m0/s1. The molecule has 4 aliphatic carbocycles. The molecular weight excluding hydrogens is 440 g/mol. The maximum Gasteiger partial charge on any atom is 0.305 e. The molecule has 11 atom stereocenters. The van der Waals surface area contributed by atoms with Gasteiger partial charge in [-0.1, -0.05) is 40.2 Å². The van der Waals surface area contributed by atoms with Crippen LogP contribution in [0.3, 0.4) is 0 Å². The van der Waals surface area contributed by atoms with Crippen LogP contribution in [0.2, 0.25) is 0 Å². The first-order valence-electron chi connectivity index (χ1n) is 14.4. The third-order valence-corrected chi connectivity index (χ3v) is 11.7. The van der Waals surface area contributed by atoms with Crippen LogP contribution in [-0.4, -0.2) is 36.4 Å². The van der Waals surface area contributed by atoms with E-state index in [0.29, 0.717) is 35.9 Å². The number of esters is 1. The van der Waals surface area contributed by atoms with E-state index in [1.165, 1.54) is 5.57 Å². The van der Waals surface area contributed by atoms with Crippen molar-refractivity contribution in [3.63, 3.8) is 0 Å². The van der Waals surface area contributed by atoms with Crippen LogP contribution in [0.25, 0.3) is 0 Å². The lowest BCUT2D eigenvalue weighted by molar-refractivity contribution is -0.271. The summed E-state index contributed by atoms with van der Waals surface area (Å²) in [7, 11) is 0. The van der Waals surface area contributed by atoms with Crippen molar-refractivity contribution in [2.75, 3.05) is 6.61 Å². The van der Waals surface area contributed by atoms with Gasteiger partial charge in [-0.3, -0.25) is 9.59 Å². The Kier molecular flexibility index (Phi) is 5.62. The summed E-state index contributed by atoms with van der Waals surface area (Å²) >= 11 is 0. The fraction of sp³-hybridized carbons (Fsp3) is 0.867. The number of ketones is 1. The SMILES string of the molecule is CCC(=O)O[C@@H]1CC[C@]2(C)C3=CC(=O)[C@]4(C)[C@@H]5[C@H](C[C@@H]4[C@H]3CC[C@H]2C1)O[C@]1(CC[C@H](C)CO1)[C@H]5C. The van der Waals surface area contributed by atoms with Crippen molar-refractivity contribution in [3.05, 3.63) is 11.6 Å². The molecule has 0 aromatic heterocycles. The molecule has 0 amide bonds. The third-order valence-electron chi connectivity index (χ3n) is 11.7. The number of ether oxygens (including phenoxy) is 3. The molecule has 0 radical (unpaired) electrons. The van der Waals surface area contributed by atoms with Gasteiger partial charge in [0.1, 0.15) is 6.10 Å². The first kappa shape index (κ1) is 24.2. The first-order chi connectivity index (χ1) is 16.6. The number of hydrogen-bond donors (Lipinski definition) is 0. The number of allylic oxidation sites excluding steroid dienone is 2. The highest BCUT2D eigenvalue weighted by Crippen LogP contribution is 2.69. The van der Waals surface area contributed by atoms with Gasteiger partial charge in [0.05, 0.1) is 12.7 Å². The highest BCUT2D eigenvalue weighted by molar-refractivity contribution is 5.97. The highest BCUT2D eigenvalue weighted by Gasteiger charge is 2.70. The smallest absolute Gasteiger partial charge is 0.305 e. The van der Waals surface area contributed by atoms with E-state index in [1.807, 2.05) is 6.92 Å². The topological polar surface area (TPSA) is 61.8 Å². The summed E-state index contributed by atoms with van der Waals surface area (Å²) in [6.07, 6.45) is 10.9. The number of carbonyl (C=O) groups is 2. The zero-order chi connectivity index (χ0) is 24.8. The predicted octanol–water partition coefficient (Wildman–Crippen LogP) is 5.85. The molecule has 6 rings (SSSR count). The molecular formula is C30H44O5. The molecule has 0 unspecified atom stereocenters. The second kappa shape index (κ2) is 8.15. The lowest BCUT2D eigenvalue weighted by atomic mass is 9.48. The van der Waals surface area contributed by atoms with Crippen LogP contribution in [0.15, 0.2) is 11.6 Å². The molecule has 2 saturated heterocycles. The Bertz CT molecular complexity index is 931. The van der Waals surface area contributed by atoms with Crippen LogP contribution in [-0.2, 0) is 23.8 Å². The fourth-order valence-electron chi connectivity index (χ4n) is 9.64.